The lowest BCUT2D eigenvalue weighted by molar-refractivity contribution is -0.137. The number of hydrogen-bond donors (Lipinski definition) is 1. The van der Waals surface area contributed by atoms with Crippen LogP contribution in [0.15, 0.2) is 72.8 Å². The summed E-state index contributed by atoms with van der Waals surface area (Å²) < 4.78 is 5.86. The van der Waals surface area contributed by atoms with Crippen LogP contribution in [0.3, 0.4) is 0 Å². The maximum Gasteiger partial charge on any atom is 0.304 e. The van der Waals surface area contributed by atoms with Crippen molar-refractivity contribution in [3.8, 4) is 28.7 Å². The maximum absolute atomic E-state index is 11.0. The fourth-order valence-electron chi connectivity index (χ4n) is 3.09. The third kappa shape index (κ3) is 5.50. The minimum Gasteiger partial charge on any atom is -0.489 e. The van der Waals surface area contributed by atoms with Crippen molar-refractivity contribution in [2.45, 2.75) is 25.9 Å². The van der Waals surface area contributed by atoms with Crippen LogP contribution in [-0.2, 0) is 11.4 Å². The van der Waals surface area contributed by atoms with Gasteiger partial charge in [0, 0.05) is 0 Å². The summed E-state index contributed by atoms with van der Waals surface area (Å²) in [5.74, 6) is 5.27. The van der Waals surface area contributed by atoms with E-state index in [1.807, 2.05) is 72.8 Å². The molecule has 0 heterocycles. The number of aliphatic carboxylic acids is 1. The van der Waals surface area contributed by atoms with Crippen molar-refractivity contribution in [2.24, 2.45) is 0 Å². The van der Waals surface area contributed by atoms with Gasteiger partial charge in [-0.05, 0) is 41.3 Å². The summed E-state index contributed by atoms with van der Waals surface area (Å²) in [6.45, 7) is 9.17. The van der Waals surface area contributed by atoms with Crippen LogP contribution in [0.5, 0.6) is 5.75 Å². The van der Waals surface area contributed by atoms with Gasteiger partial charge in [0.05, 0.1) is 18.9 Å². The van der Waals surface area contributed by atoms with Gasteiger partial charge in [-0.3, -0.25) is 4.79 Å². The van der Waals surface area contributed by atoms with Crippen molar-refractivity contribution >= 4 is 11.7 Å². The Balaban J connectivity index is 1.61. The van der Waals surface area contributed by atoms with Crippen LogP contribution in [0.25, 0.3) is 16.0 Å². The zero-order valence-electron chi connectivity index (χ0n) is 16.6. The highest BCUT2D eigenvalue weighted by atomic mass is 16.5. The Bertz CT molecular complexity index is 1100. The first kappa shape index (κ1) is 20.7. The van der Waals surface area contributed by atoms with Gasteiger partial charge in [0.1, 0.15) is 12.4 Å². The zero-order valence-corrected chi connectivity index (χ0v) is 16.6. The standard InChI is InChI=1S/C26H21NO3/c1-3-4-23(17-26(28)29)22-11-15-25(16-12-22)30-18-19-5-7-20(8-6-19)21-9-13-24(27-2)14-10-21/h5-16,23H,17-18H2,1H3,(H,28,29). The number of nitrogens with zero attached hydrogens (tertiary/aromatic N) is 1. The molecule has 4 nitrogen and oxygen atoms in total. The highest BCUT2D eigenvalue weighted by molar-refractivity contribution is 5.69. The third-order valence-corrected chi connectivity index (χ3v) is 4.67. The van der Waals surface area contributed by atoms with Crippen LogP contribution >= 0.6 is 0 Å². The van der Waals surface area contributed by atoms with Crippen molar-refractivity contribution in [3.63, 3.8) is 0 Å². The molecule has 0 aliphatic rings. The summed E-state index contributed by atoms with van der Waals surface area (Å²) >= 11 is 0. The summed E-state index contributed by atoms with van der Waals surface area (Å²) in [5.41, 5.74) is 4.69. The van der Waals surface area contributed by atoms with Crippen LogP contribution < -0.4 is 4.74 Å². The molecule has 0 radical (unpaired) electrons. The van der Waals surface area contributed by atoms with Crippen molar-refractivity contribution in [1.82, 2.24) is 0 Å². The Morgan fingerprint density at radius 2 is 1.60 bits per heavy atom. The molecule has 1 N–H and O–H groups in total. The van der Waals surface area contributed by atoms with Crippen LogP contribution in [0.4, 0.5) is 5.69 Å². The van der Waals surface area contributed by atoms with Crippen molar-refractivity contribution in [1.29, 1.82) is 0 Å². The Labute approximate surface area is 176 Å². The van der Waals surface area contributed by atoms with Crippen LogP contribution in [-0.4, -0.2) is 11.1 Å². The van der Waals surface area contributed by atoms with Gasteiger partial charge in [0.2, 0.25) is 0 Å². The van der Waals surface area contributed by atoms with Gasteiger partial charge in [0.15, 0.2) is 5.69 Å². The Hall–Kier alpha value is -4.02. The lowest BCUT2D eigenvalue weighted by Gasteiger charge is -2.11. The van der Waals surface area contributed by atoms with E-state index in [1.165, 1.54) is 0 Å². The second kappa shape index (κ2) is 9.96. The third-order valence-electron chi connectivity index (χ3n) is 4.67. The molecule has 3 aromatic rings. The number of carboxylic acids is 1. The lowest BCUT2D eigenvalue weighted by atomic mass is 9.96. The van der Waals surface area contributed by atoms with Gasteiger partial charge in [-0.25, -0.2) is 4.85 Å². The number of benzene rings is 3. The van der Waals surface area contributed by atoms with E-state index >= 15 is 0 Å². The molecule has 0 saturated heterocycles. The zero-order chi connectivity index (χ0) is 21.3. The molecule has 3 aromatic carbocycles. The molecule has 1 atom stereocenters. The maximum atomic E-state index is 11.0. The first-order valence-corrected chi connectivity index (χ1v) is 9.52. The van der Waals surface area contributed by atoms with Gasteiger partial charge < -0.3 is 9.84 Å². The van der Waals surface area contributed by atoms with E-state index in [0.717, 1.165) is 28.0 Å². The number of carboxylic acid groups (broad SMARTS) is 1. The number of ether oxygens (including phenoxy) is 1. The number of rotatable bonds is 7. The predicted molar refractivity (Wildman–Crippen MR) is 117 cm³/mol. The quantitative estimate of drug-likeness (QED) is 0.390. The van der Waals surface area contributed by atoms with Gasteiger partial charge >= 0.3 is 5.97 Å². The van der Waals surface area contributed by atoms with Crippen LogP contribution in [0, 0.1) is 18.4 Å². The second-order valence-electron chi connectivity index (χ2n) is 6.76. The van der Waals surface area contributed by atoms with E-state index in [2.05, 4.69) is 16.7 Å². The molecule has 148 valence electrons. The monoisotopic (exact) mass is 395 g/mol. The largest absolute Gasteiger partial charge is 0.489 e. The van der Waals surface area contributed by atoms with E-state index in [-0.39, 0.29) is 12.3 Å². The normalized spacial score (nSPS) is 10.9. The van der Waals surface area contributed by atoms with Crippen LogP contribution in [0.2, 0.25) is 0 Å². The molecule has 0 fully saturated rings. The Kier molecular flexibility index (Phi) is 6.87. The molecule has 30 heavy (non-hydrogen) atoms. The molecule has 0 bridgehead atoms. The summed E-state index contributed by atoms with van der Waals surface area (Å²) in [6.07, 6.45) is -0.0198. The van der Waals surface area contributed by atoms with Crippen LogP contribution in [0.1, 0.15) is 30.4 Å². The molecule has 0 aromatic heterocycles. The number of hydrogen-bond acceptors (Lipinski definition) is 2. The fraction of sp³-hybridized carbons (Fsp3) is 0.154. The summed E-state index contributed by atoms with van der Waals surface area (Å²) in [4.78, 5) is 14.4. The van der Waals surface area contributed by atoms with Gasteiger partial charge in [-0.15, -0.1) is 5.92 Å². The van der Waals surface area contributed by atoms with E-state index in [9.17, 15) is 4.79 Å². The van der Waals surface area contributed by atoms with Crippen molar-refractivity contribution < 1.29 is 14.6 Å². The molecule has 0 amide bonds. The van der Waals surface area contributed by atoms with Gasteiger partial charge in [-0.2, -0.15) is 0 Å². The number of carbonyl (C=O) groups is 1. The first-order chi connectivity index (χ1) is 14.6. The molecular formula is C26H21NO3. The Morgan fingerprint density at radius 3 is 2.13 bits per heavy atom. The molecule has 0 aliphatic carbocycles. The first-order valence-electron chi connectivity index (χ1n) is 9.52. The average molecular weight is 395 g/mol. The summed E-state index contributed by atoms with van der Waals surface area (Å²) in [6, 6.07) is 23.0. The Morgan fingerprint density at radius 1 is 1.00 bits per heavy atom. The van der Waals surface area contributed by atoms with Crippen molar-refractivity contribution in [2.75, 3.05) is 0 Å². The summed E-state index contributed by atoms with van der Waals surface area (Å²) in [5, 5.41) is 9.05. The topological polar surface area (TPSA) is 50.9 Å². The molecule has 0 spiro atoms. The fourth-order valence-corrected chi connectivity index (χ4v) is 3.09. The predicted octanol–water partition coefficient (Wildman–Crippen LogP) is 6.06. The molecule has 0 saturated carbocycles. The van der Waals surface area contributed by atoms with Crippen molar-refractivity contribution in [3.05, 3.63) is 95.3 Å². The van der Waals surface area contributed by atoms with E-state index < -0.39 is 5.97 Å². The molecule has 3 rings (SSSR count). The van der Waals surface area contributed by atoms with E-state index in [4.69, 9.17) is 16.4 Å². The average Bonchev–Trinajstić information content (AvgIpc) is 2.78. The highest BCUT2D eigenvalue weighted by Crippen LogP contribution is 2.25. The SMILES string of the molecule is [C-]#[N+]c1ccc(-c2ccc(COc3ccc(C(C#CC)CC(=O)O)cc3)cc2)cc1. The van der Waals surface area contributed by atoms with Gasteiger partial charge in [-0.1, -0.05) is 66.6 Å². The minimum absolute atomic E-state index is 0.0198. The minimum atomic E-state index is -0.867. The highest BCUT2D eigenvalue weighted by Gasteiger charge is 2.13. The summed E-state index contributed by atoms with van der Waals surface area (Å²) in [7, 11) is 0. The van der Waals surface area contributed by atoms with E-state index in [0.29, 0.717) is 12.3 Å². The second-order valence-corrected chi connectivity index (χ2v) is 6.76. The molecule has 4 heteroatoms. The molecule has 0 aliphatic heterocycles. The molecule has 1 unspecified atom stereocenters. The van der Waals surface area contributed by atoms with E-state index in [1.54, 1.807) is 6.92 Å². The molecular weight excluding hydrogens is 374 g/mol. The lowest BCUT2D eigenvalue weighted by Crippen LogP contribution is -2.04. The smallest absolute Gasteiger partial charge is 0.304 e. The van der Waals surface area contributed by atoms with Gasteiger partial charge in [0.25, 0.3) is 0 Å².